The molecule has 0 radical (unpaired) electrons. The minimum Gasteiger partial charge on any atom is -0.361 e. The monoisotopic (exact) mass is 384 g/mol. The molecule has 0 aliphatic carbocycles. The van der Waals surface area contributed by atoms with Crippen molar-refractivity contribution in [1.82, 2.24) is 15.2 Å². The Balaban J connectivity index is 1.29. The van der Waals surface area contributed by atoms with Gasteiger partial charge in [-0.3, -0.25) is 5.10 Å². The lowest BCUT2D eigenvalue weighted by Gasteiger charge is -2.02. The summed E-state index contributed by atoms with van der Waals surface area (Å²) in [6, 6.07) is 23.5. The van der Waals surface area contributed by atoms with Gasteiger partial charge in [0.1, 0.15) is 0 Å². The summed E-state index contributed by atoms with van der Waals surface area (Å²) in [5.74, 6) is 0. The van der Waals surface area contributed by atoms with E-state index in [4.69, 9.17) is 4.98 Å². The van der Waals surface area contributed by atoms with E-state index < -0.39 is 0 Å². The molecule has 0 saturated carbocycles. The van der Waals surface area contributed by atoms with Crippen molar-refractivity contribution < 1.29 is 0 Å². The number of nitrogens with one attached hydrogen (secondary N) is 2. The maximum Gasteiger partial charge on any atom is 0.183 e. The van der Waals surface area contributed by atoms with Crippen molar-refractivity contribution in [1.29, 1.82) is 0 Å². The molecule has 0 bridgehead atoms. The van der Waals surface area contributed by atoms with Crippen LogP contribution in [0.15, 0.2) is 72.9 Å². The lowest BCUT2D eigenvalue weighted by Crippen LogP contribution is -2.02. The summed E-state index contributed by atoms with van der Waals surface area (Å²) in [5.41, 5.74) is 5.89. The molecule has 0 fully saturated rings. The molecule has 5 rings (SSSR count). The highest BCUT2D eigenvalue weighted by molar-refractivity contribution is 7.22. The lowest BCUT2D eigenvalue weighted by atomic mass is 10.0. The van der Waals surface area contributed by atoms with Crippen molar-refractivity contribution in [3.05, 3.63) is 78.5 Å². The van der Waals surface area contributed by atoms with E-state index in [-0.39, 0.29) is 0 Å². The Morgan fingerprint density at radius 2 is 1.79 bits per heavy atom. The second-order valence-corrected chi connectivity index (χ2v) is 7.92. The zero-order valence-electron chi connectivity index (χ0n) is 15.4. The van der Waals surface area contributed by atoms with E-state index in [0.717, 1.165) is 40.9 Å². The van der Waals surface area contributed by atoms with Crippen LogP contribution in [0.5, 0.6) is 0 Å². The number of fused-ring (bicyclic) bond motifs is 2. The van der Waals surface area contributed by atoms with E-state index in [1.54, 1.807) is 11.3 Å². The average Bonchev–Trinajstić information content (AvgIpc) is 3.37. The van der Waals surface area contributed by atoms with Crippen molar-refractivity contribution in [2.45, 2.75) is 12.8 Å². The van der Waals surface area contributed by atoms with Crippen LogP contribution in [0, 0.1) is 0 Å². The van der Waals surface area contributed by atoms with Crippen LogP contribution in [0.4, 0.5) is 5.13 Å². The third-order valence-electron chi connectivity index (χ3n) is 4.92. The number of hydrogen-bond acceptors (Lipinski definition) is 4. The maximum atomic E-state index is 4.73. The van der Waals surface area contributed by atoms with Gasteiger partial charge in [0.2, 0.25) is 0 Å². The number of aromatic nitrogens is 3. The number of rotatable bonds is 6. The Morgan fingerprint density at radius 1 is 0.929 bits per heavy atom. The zero-order valence-corrected chi connectivity index (χ0v) is 16.2. The largest absolute Gasteiger partial charge is 0.361 e. The third kappa shape index (κ3) is 3.49. The summed E-state index contributed by atoms with van der Waals surface area (Å²) in [4.78, 5) is 4.73. The van der Waals surface area contributed by atoms with E-state index in [9.17, 15) is 0 Å². The number of benzene rings is 3. The first kappa shape index (κ1) is 17.0. The van der Waals surface area contributed by atoms with Crippen molar-refractivity contribution in [3.8, 4) is 11.1 Å². The summed E-state index contributed by atoms with van der Waals surface area (Å²) < 4.78 is 1.20. The molecule has 4 nitrogen and oxygen atoms in total. The molecule has 5 aromatic rings. The second kappa shape index (κ2) is 7.44. The molecule has 0 atom stereocenters. The molecule has 138 valence electrons. The van der Waals surface area contributed by atoms with Crippen molar-refractivity contribution in [3.63, 3.8) is 0 Å². The number of aryl methyl sites for hydroxylation is 1. The van der Waals surface area contributed by atoms with Gasteiger partial charge in [-0.05, 0) is 53.8 Å². The number of H-pyrrole nitrogens is 1. The molecule has 0 aliphatic heterocycles. The van der Waals surface area contributed by atoms with Crippen LogP contribution in [0.2, 0.25) is 0 Å². The molecular weight excluding hydrogens is 364 g/mol. The number of nitrogens with zero attached hydrogens (tertiary/aromatic N) is 2. The van der Waals surface area contributed by atoms with Gasteiger partial charge in [-0.15, -0.1) is 0 Å². The van der Waals surface area contributed by atoms with Gasteiger partial charge >= 0.3 is 0 Å². The van der Waals surface area contributed by atoms with E-state index in [1.807, 2.05) is 6.20 Å². The Morgan fingerprint density at radius 3 is 2.71 bits per heavy atom. The average molecular weight is 385 g/mol. The SMILES string of the molecule is c1ccc(CCCNc2nc3ccc(-c4ccc5[nH]ncc5c4)cc3s2)cc1. The van der Waals surface area contributed by atoms with E-state index >= 15 is 0 Å². The minimum atomic E-state index is 0.929. The molecule has 0 amide bonds. The molecule has 28 heavy (non-hydrogen) atoms. The van der Waals surface area contributed by atoms with Crippen LogP contribution >= 0.6 is 11.3 Å². The highest BCUT2D eigenvalue weighted by Gasteiger charge is 2.07. The molecule has 2 heterocycles. The first-order chi connectivity index (χ1) is 13.8. The van der Waals surface area contributed by atoms with Gasteiger partial charge in [-0.2, -0.15) is 5.10 Å². The Kier molecular flexibility index (Phi) is 4.51. The highest BCUT2D eigenvalue weighted by Crippen LogP contribution is 2.31. The van der Waals surface area contributed by atoms with Gasteiger partial charge in [-0.1, -0.05) is 53.8 Å². The van der Waals surface area contributed by atoms with Gasteiger partial charge in [0.25, 0.3) is 0 Å². The molecule has 0 saturated heterocycles. The molecule has 0 aliphatic rings. The summed E-state index contributed by atoms with van der Waals surface area (Å²) >= 11 is 1.72. The number of aromatic amines is 1. The lowest BCUT2D eigenvalue weighted by molar-refractivity contribution is 0.862. The number of anilines is 1. The maximum absolute atomic E-state index is 4.73. The molecule has 3 aromatic carbocycles. The zero-order chi connectivity index (χ0) is 18.8. The third-order valence-corrected chi connectivity index (χ3v) is 5.90. The topological polar surface area (TPSA) is 53.6 Å². The number of thiazole rings is 1. The van der Waals surface area contributed by atoms with Crippen LogP contribution < -0.4 is 5.32 Å². The summed E-state index contributed by atoms with van der Waals surface area (Å²) in [6.07, 6.45) is 4.04. The normalized spacial score (nSPS) is 11.3. The molecule has 0 spiro atoms. The Bertz CT molecular complexity index is 1220. The molecule has 2 aromatic heterocycles. The van der Waals surface area contributed by atoms with Crippen LogP contribution in [-0.2, 0) is 6.42 Å². The predicted molar refractivity (Wildman–Crippen MR) is 118 cm³/mol. The summed E-state index contributed by atoms with van der Waals surface area (Å²) in [7, 11) is 0. The first-order valence-electron chi connectivity index (χ1n) is 9.47. The molecular formula is C23H20N4S. The Hall–Kier alpha value is -3.18. The highest BCUT2D eigenvalue weighted by atomic mass is 32.1. The summed E-state index contributed by atoms with van der Waals surface area (Å²) in [6.45, 7) is 0.929. The van der Waals surface area contributed by atoms with Crippen LogP contribution in [0.1, 0.15) is 12.0 Å². The van der Waals surface area contributed by atoms with Crippen molar-refractivity contribution in [2.75, 3.05) is 11.9 Å². The fraction of sp³-hybridized carbons (Fsp3) is 0.130. The fourth-order valence-corrected chi connectivity index (χ4v) is 4.37. The second-order valence-electron chi connectivity index (χ2n) is 6.89. The first-order valence-corrected chi connectivity index (χ1v) is 10.3. The van der Waals surface area contributed by atoms with E-state index in [2.05, 4.69) is 82.2 Å². The number of hydrogen-bond donors (Lipinski definition) is 2. The molecule has 0 unspecified atom stereocenters. The van der Waals surface area contributed by atoms with Gasteiger partial charge < -0.3 is 5.32 Å². The van der Waals surface area contributed by atoms with E-state index in [1.165, 1.54) is 21.4 Å². The Labute approximate surface area is 167 Å². The summed E-state index contributed by atoms with van der Waals surface area (Å²) in [5, 5.41) is 12.7. The molecule has 5 heteroatoms. The van der Waals surface area contributed by atoms with Gasteiger partial charge in [-0.25, -0.2) is 4.98 Å². The minimum absolute atomic E-state index is 0.929. The van der Waals surface area contributed by atoms with Crippen LogP contribution in [0.25, 0.3) is 32.2 Å². The smallest absolute Gasteiger partial charge is 0.183 e. The quantitative estimate of drug-likeness (QED) is 0.359. The fourth-order valence-electron chi connectivity index (χ4n) is 3.43. The molecule has 2 N–H and O–H groups in total. The van der Waals surface area contributed by atoms with E-state index in [0.29, 0.717) is 0 Å². The van der Waals surface area contributed by atoms with Gasteiger partial charge in [0.15, 0.2) is 5.13 Å². The van der Waals surface area contributed by atoms with Crippen molar-refractivity contribution in [2.24, 2.45) is 0 Å². The van der Waals surface area contributed by atoms with Crippen molar-refractivity contribution >= 4 is 37.6 Å². The van der Waals surface area contributed by atoms with Gasteiger partial charge in [0, 0.05) is 11.9 Å². The van der Waals surface area contributed by atoms with Crippen LogP contribution in [-0.4, -0.2) is 21.7 Å². The predicted octanol–water partition coefficient (Wildman–Crippen LogP) is 5.88. The standard InChI is InChI=1S/C23H20N4S/c1-2-5-16(6-3-1)7-4-12-24-23-26-21-11-9-18(14-22(21)28-23)17-8-10-20-19(13-17)15-25-27-20/h1-3,5-6,8-11,13-15H,4,7,12H2,(H,24,26)(H,25,27). The van der Waals surface area contributed by atoms with Crippen LogP contribution in [0.3, 0.4) is 0 Å². The van der Waals surface area contributed by atoms with Gasteiger partial charge in [0.05, 0.1) is 21.9 Å².